The Morgan fingerprint density at radius 3 is 2.19 bits per heavy atom. The van der Waals surface area contributed by atoms with Crippen LogP contribution in [-0.2, 0) is 11.3 Å². The van der Waals surface area contributed by atoms with E-state index in [1.807, 2.05) is 36.4 Å². The summed E-state index contributed by atoms with van der Waals surface area (Å²) in [5.74, 6) is -0.956. The van der Waals surface area contributed by atoms with Crippen LogP contribution in [0.3, 0.4) is 0 Å². The van der Waals surface area contributed by atoms with Gasteiger partial charge in [-0.1, -0.05) is 76.6 Å². The number of rotatable bonds is 5. The van der Waals surface area contributed by atoms with Crippen LogP contribution in [0.4, 0.5) is 0 Å². The highest BCUT2D eigenvalue weighted by atomic mass is 79.9. The molecule has 0 fully saturated rings. The minimum Gasteiger partial charge on any atom is -0.464 e. The molecule has 3 aromatic carbocycles. The minimum absolute atomic E-state index is 0.0496. The third-order valence-electron chi connectivity index (χ3n) is 5.07. The molecule has 1 aromatic heterocycles. The number of esters is 1. The second-order valence-electron chi connectivity index (χ2n) is 6.95. The maximum Gasteiger partial charge on any atom is 0.355 e. The van der Waals surface area contributed by atoms with Gasteiger partial charge in [0.15, 0.2) is 5.78 Å². The third kappa shape index (κ3) is 3.94. The summed E-state index contributed by atoms with van der Waals surface area (Å²) in [4.78, 5) is 39.3. The number of Topliss-reactive ketones (excluding diaryl/α,β-unsaturated/α-hetero) is 1. The van der Waals surface area contributed by atoms with Gasteiger partial charge in [0.05, 0.1) is 13.7 Å². The predicted molar refractivity (Wildman–Crippen MR) is 123 cm³/mol. The molecule has 31 heavy (non-hydrogen) atoms. The van der Waals surface area contributed by atoms with Crippen LogP contribution in [0, 0.1) is 0 Å². The molecule has 0 saturated heterocycles. The Morgan fingerprint density at radius 2 is 1.55 bits per heavy atom. The average molecular weight is 476 g/mol. The average Bonchev–Trinajstić information content (AvgIpc) is 2.81. The topological polar surface area (TPSA) is 65.4 Å². The number of halogens is 1. The van der Waals surface area contributed by atoms with Crippen molar-refractivity contribution in [2.45, 2.75) is 6.54 Å². The number of aromatic nitrogens is 1. The van der Waals surface area contributed by atoms with Crippen LogP contribution in [0.2, 0.25) is 0 Å². The maximum atomic E-state index is 13.4. The number of ketones is 1. The number of methoxy groups -OCH3 is 1. The summed E-state index contributed by atoms with van der Waals surface area (Å²) in [6, 6.07) is 23.2. The van der Waals surface area contributed by atoms with E-state index < -0.39 is 11.5 Å². The van der Waals surface area contributed by atoms with E-state index in [4.69, 9.17) is 4.74 Å². The molecule has 0 amide bonds. The molecule has 0 aliphatic rings. The van der Waals surface area contributed by atoms with Gasteiger partial charge in [-0.3, -0.25) is 14.2 Å². The largest absolute Gasteiger partial charge is 0.464 e. The summed E-state index contributed by atoms with van der Waals surface area (Å²) >= 11 is 3.45. The van der Waals surface area contributed by atoms with Crippen molar-refractivity contribution in [3.63, 3.8) is 0 Å². The smallest absolute Gasteiger partial charge is 0.355 e. The molecule has 6 heteroatoms. The molecule has 0 aliphatic heterocycles. The highest BCUT2D eigenvalue weighted by Gasteiger charge is 2.25. The minimum atomic E-state index is -0.682. The number of carbonyl (C=O) groups is 2. The van der Waals surface area contributed by atoms with Gasteiger partial charge in [-0.05, 0) is 29.1 Å². The summed E-state index contributed by atoms with van der Waals surface area (Å²) < 4.78 is 7.03. The first-order valence-electron chi connectivity index (χ1n) is 9.59. The van der Waals surface area contributed by atoms with E-state index in [0.29, 0.717) is 21.9 Å². The van der Waals surface area contributed by atoms with Gasteiger partial charge in [0.25, 0.3) is 5.56 Å². The first-order chi connectivity index (χ1) is 15.0. The van der Waals surface area contributed by atoms with Crippen molar-refractivity contribution in [1.29, 1.82) is 0 Å². The lowest BCUT2D eigenvalue weighted by Gasteiger charge is -2.18. The molecule has 0 N–H and O–H groups in total. The number of benzene rings is 3. The highest BCUT2D eigenvalue weighted by molar-refractivity contribution is 9.10. The Kier molecular flexibility index (Phi) is 5.82. The van der Waals surface area contributed by atoms with Crippen LogP contribution in [0.25, 0.3) is 21.9 Å². The van der Waals surface area contributed by atoms with E-state index in [0.717, 1.165) is 10.0 Å². The second-order valence-corrected chi connectivity index (χ2v) is 7.87. The molecule has 0 radical (unpaired) electrons. The number of pyridine rings is 1. The van der Waals surface area contributed by atoms with Crippen molar-refractivity contribution < 1.29 is 14.3 Å². The van der Waals surface area contributed by atoms with Crippen LogP contribution in [0.15, 0.2) is 88.1 Å². The monoisotopic (exact) mass is 475 g/mol. The molecule has 5 nitrogen and oxygen atoms in total. The SMILES string of the molecule is COC(=O)c1c(-c2ccccc2)c2cc(Br)ccc2c(=O)n1CC(=O)c1ccccc1. The molecule has 0 unspecified atom stereocenters. The van der Waals surface area contributed by atoms with Crippen molar-refractivity contribution in [2.75, 3.05) is 7.11 Å². The lowest BCUT2D eigenvalue weighted by Crippen LogP contribution is -2.31. The quantitative estimate of drug-likeness (QED) is 0.297. The fourth-order valence-electron chi connectivity index (χ4n) is 3.64. The molecule has 0 atom stereocenters. The Labute approximate surface area is 187 Å². The molecule has 4 aromatic rings. The lowest BCUT2D eigenvalue weighted by atomic mass is 9.96. The Morgan fingerprint density at radius 1 is 0.903 bits per heavy atom. The van der Waals surface area contributed by atoms with Gasteiger partial charge < -0.3 is 4.74 Å². The number of nitrogens with zero attached hydrogens (tertiary/aromatic N) is 1. The van der Waals surface area contributed by atoms with Crippen LogP contribution in [0.1, 0.15) is 20.8 Å². The molecule has 0 saturated carbocycles. The molecule has 0 bridgehead atoms. The van der Waals surface area contributed by atoms with Crippen LogP contribution >= 0.6 is 15.9 Å². The number of fused-ring (bicyclic) bond motifs is 1. The van der Waals surface area contributed by atoms with Crippen molar-refractivity contribution in [1.82, 2.24) is 4.57 Å². The van der Waals surface area contributed by atoms with Crippen molar-refractivity contribution >= 4 is 38.5 Å². The number of hydrogen-bond acceptors (Lipinski definition) is 4. The summed E-state index contributed by atoms with van der Waals surface area (Å²) in [6.07, 6.45) is 0. The summed E-state index contributed by atoms with van der Waals surface area (Å²) in [5, 5.41) is 1.02. The zero-order valence-corrected chi connectivity index (χ0v) is 18.3. The molecular formula is C25H18BrNO4. The van der Waals surface area contributed by atoms with E-state index in [1.54, 1.807) is 42.5 Å². The van der Waals surface area contributed by atoms with Gasteiger partial charge in [-0.2, -0.15) is 0 Å². The number of ether oxygens (including phenoxy) is 1. The zero-order valence-electron chi connectivity index (χ0n) is 16.7. The summed E-state index contributed by atoms with van der Waals surface area (Å²) in [5.41, 5.74) is 1.37. The van der Waals surface area contributed by atoms with Crippen LogP contribution in [-0.4, -0.2) is 23.4 Å². The normalized spacial score (nSPS) is 10.8. The molecule has 154 valence electrons. The highest BCUT2D eigenvalue weighted by Crippen LogP contribution is 2.33. The first kappa shape index (κ1) is 20.8. The molecule has 4 rings (SSSR count). The standard InChI is InChI=1S/C25H18BrNO4/c1-31-25(30)23-22(17-10-6-3-7-11-17)20-14-18(26)12-13-19(20)24(29)27(23)15-21(28)16-8-4-2-5-9-16/h2-14H,15H2,1H3. The Bertz CT molecular complexity index is 1350. The van der Waals surface area contributed by atoms with Gasteiger partial charge in [-0.25, -0.2) is 4.79 Å². The summed E-state index contributed by atoms with van der Waals surface area (Å²) in [6.45, 7) is -0.279. The second kappa shape index (κ2) is 8.70. The molecular weight excluding hydrogens is 458 g/mol. The van der Waals surface area contributed by atoms with Gasteiger partial charge in [0, 0.05) is 21.0 Å². The van der Waals surface area contributed by atoms with E-state index in [-0.39, 0.29) is 18.0 Å². The maximum absolute atomic E-state index is 13.4. The van der Waals surface area contributed by atoms with Gasteiger partial charge in [-0.15, -0.1) is 0 Å². The fourth-order valence-corrected chi connectivity index (χ4v) is 4.00. The fraction of sp³-hybridized carbons (Fsp3) is 0.0800. The molecule has 1 heterocycles. The van der Waals surface area contributed by atoms with Gasteiger partial charge in [0.2, 0.25) is 0 Å². The van der Waals surface area contributed by atoms with Crippen LogP contribution in [0.5, 0.6) is 0 Å². The third-order valence-corrected chi connectivity index (χ3v) is 5.57. The van der Waals surface area contributed by atoms with Crippen molar-refractivity contribution in [2.24, 2.45) is 0 Å². The van der Waals surface area contributed by atoms with Crippen molar-refractivity contribution in [3.8, 4) is 11.1 Å². The number of carbonyl (C=O) groups excluding carboxylic acids is 2. The Balaban J connectivity index is 2.07. The first-order valence-corrected chi connectivity index (χ1v) is 10.4. The van der Waals surface area contributed by atoms with Gasteiger partial charge >= 0.3 is 5.97 Å². The number of hydrogen-bond donors (Lipinski definition) is 0. The Hall–Kier alpha value is -3.51. The van der Waals surface area contributed by atoms with E-state index in [1.165, 1.54) is 11.7 Å². The van der Waals surface area contributed by atoms with E-state index in [9.17, 15) is 14.4 Å². The van der Waals surface area contributed by atoms with Crippen molar-refractivity contribution in [3.05, 3.63) is 105 Å². The predicted octanol–water partition coefficient (Wildman–Crippen LogP) is 5.10. The van der Waals surface area contributed by atoms with Crippen LogP contribution < -0.4 is 5.56 Å². The lowest BCUT2D eigenvalue weighted by molar-refractivity contribution is 0.0588. The van der Waals surface area contributed by atoms with Gasteiger partial charge in [0.1, 0.15) is 5.69 Å². The molecule has 0 spiro atoms. The van der Waals surface area contributed by atoms with E-state index in [2.05, 4.69) is 15.9 Å². The zero-order chi connectivity index (χ0) is 22.0. The van der Waals surface area contributed by atoms with E-state index >= 15 is 0 Å². The molecule has 0 aliphatic carbocycles. The summed E-state index contributed by atoms with van der Waals surface area (Å²) in [7, 11) is 1.26.